The molecule has 0 aliphatic carbocycles. The molecule has 4 rings (SSSR count). The van der Waals surface area contributed by atoms with Crippen molar-refractivity contribution in [1.29, 1.82) is 0 Å². The highest BCUT2D eigenvalue weighted by Crippen LogP contribution is 2.43. The van der Waals surface area contributed by atoms with Crippen molar-refractivity contribution >= 4 is 21.7 Å². The van der Waals surface area contributed by atoms with Crippen LogP contribution in [0.2, 0.25) is 0 Å². The summed E-state index contributed by atoms with van der Waals surface area (Å²) in [5, 5.41) is 17.4. The van der Waals surface area contributed by atoms with Gasteiger partial charge >= 0.3 is 16.9 Å². The van der Waals surface area contributed by atoms with Gasteiger partial charge < -0.3 is 24.7 Å². The zero-order chi connectivity index (χ0) is 28.5. The minimum absolute atomic E-state index is 0.0525. The number of esters is 1. The Morgan fingerprint density at radius 2 is 1.85 bits per heavy atom. The smallest absolute Gasteiger partial charge is 0.393 e. The first-order valence-electron chi connectivity index (χ1n) is 12.2. The van der Waals surface area contributed by atoms with Gasteiger partial charge in [0, 0.05) is 18.9 Å². The van der Waals surface area contributed by atoms with Crippen LogP contribution in [0.25, 0.3) is 0 Å². The SMILES string of the molecule is CC(=O)Oc1c(C)c(C)c2c(c1C)CCC(C)(C(=O)NCCOc1c(S(=O)(=O)c3ccccc3)no[n+]1[O-])O2. The summed E-state index contributed by atoms with van der Waals surface area (Å²) in [7, 11) is -4.16. The zero-order valence-electron chi connectivity index (χ0n) is 22.2. The fraction of sp³-hybridized carbons (Fsp3) is 0.385. The van der Waals surface area contributed by atoms with Crippen molar-refractivity contribution in [1.82, 2.24) is 10.5 Å². The molecule has 3 aromatic rings. The molecular weight excluding hydrogens is 530 g/mol. The topological polar surface area (TPSA) is 161 Å². The third kappa shape index (κ3) is 5.26. The number of rotatable bonds is 8. The molecule has 1 atom stereocenters. The van der Waals surface area contributed by atoms with Crippen molar-refractivity contribution in [3.8, 4) is 17.4 Å². The van der Waals surface area contributed by atoms with E-state index in [1.54, 1.807) is 13.0 Å². The van der Waals surface area contributed by atoms with Gasteiger partial charge in [-0.15, -0.1) is 0 Å². The lowest BCUT2D eigenvalue weighted by Crippen LogP contribution is -2.51. The van der Waals surface area contributed by atoms with E-state index in [0.29, 0.717) is 24.3 Å². The number of carbonyl (C=O) groups excluding carboxylic acids is 2. The van der Waals surface area contributed by atoms with Gasteiger partial charge in [-0.3, -0.25) is 14.2 Å². The second kappa shape index (κ2) is 10.6. The van der Waals surface area contributed by atoms with Crippen LogP contribution in [0.5, 0.6) is 17.4 Å². The van der Waals surface area contributed by atoms with Gasteiger partial charge in [-0.05, 0) is 67.8 Å². The number of benzene rings is 2. The second-order valence-electron chi connectivity index (χ2n) is 9.40. The molecule has 0 saturated heterocycles. The third-order valence-corrected chi connectivity index (χ3v) is 8.35. The number of ether oxygens (including phenoxy) is 3. The first-order chi connectivity index (χ1) is 18.4. The molecule has 12 nitrogen and oxygen atoms in total. The summed E-state index contributed by atoms with van der Waals surface area (Å²) in [6, 6.07) is 7.42. The Hall–Kier alpha value is -4.13. The molecule has 2 heterocycles. The van der Waals surface area contributed by atoms with Crippen molar-refractivity contribution in [2.24, 2.45) is 0 Å². The first kappa shape index (κ1) is 27.9. The molecule has 0 spiro atoms. The molecular formula is C26H29N3O9S. The summed E-state index contributed by atoms with van der Waals surface area (Å²) in [4.78, 5) is 24.5. The maximum atomic E-state index is 13.1. The number of sulfone groups is 1. The lowest BCUT2D eigenvalue weighted by molar-refractivity contribution is -0.805. The van der Waals surface area contributed by atoms with E-state index in [1.807, 2.05) is 20.8 Å². The average molecular weight is 560 g/mol. The van der Waals surface area contributed by atoms with Crippen LogP contribution in [-0.2, 0) is 25.8 Å². The van der Waals surface area contributed by atoms with E-state index in [0.717, 1.165) is 22.3 Å². The summed E-state index contributed by atoms with van der Waals surface area (Å²) < 4.78 is 47.1. The van der Waals surface area contributed by atoms with Gasteiger partial charge in [0.1, 0.15) is 18.1 Å². The highest BCUT2D eigenvalue weighted by Gasteiger charge is 2.41. The van der Waals surface area contributed by atoms with Crippen LogP contribution in [0.3, 0.4) is 0 Å². The molecule has 13 heteroatoms. The maximum Gasteiger partial charge on any atom is 0.393 e. The molecule has 1 unspecified atom stereocenters. The number of hydrogen-bond donors (Lipinski definition) is 1. The molecule has 39 heavy (non-hydrogen) atoms. The lowest BCUT2D eigenvalue weighted by Gasteiger charge is -2.36. The van der Waals surface area contributed by atoms with Gasteiger partial charge in [-0.25, -0.2) is 8.42 Å². The fourth-order valence-electron chi connectivity index (χ4n) is 4.41. The Morgan fingerprint density at radius 1 is 1.15 bits per heavy atom. The van der Waals surface area contributed by atoms with Crippen LogP contribution in [0.15, 0.2) is 44.9 Å². The Morgan fingerprint density at radius 3 is 2.51 bits per heavy atom. The van der Waals surface area contributed by atoms with E-state index in [1.165, 1.54) is 31.2 Å². The third-order valence-electron chi connectivity index (χ3n) is 6.70. The molecule has 0 bridgehead atoms. The van der Waals surface area contributed by atoms with Crippen LogP contribution in [0.1, 0.15) is 42.5 Å². The first-order valence-corrected chi connectivity index (χ1v) is 13.7. The quantitative estimate of drug-likeness (QED) is 0.188. The number of hydrogen-bond acceptors (Lipinski definition) is 10. The van der Waals surface area contributed by atoms with E-state index in [-0.39, 0.29) is 23.0 Å². The zero-order valence-corrected chi connectivity index (χ0v) is 23.0. The Kier molecular flexibility index (Phi) is 7.55. The highest BCUT2D eigenvalue weighted by atomic mass is 32.2. The standard InChI is InChI=1S/C26H29N3O9S/c1-15-16(2)22-20(17(3)21(15)36-18(4)30)11-12-26(5,37-22)25(31)27-13-14-35-24-23(28-38-29(24)32)39(33,34)19-9-7-6-8-10-19/h6-10H,11-14H2,1-5H3,(H,27,31). The number of fused-ring (bicyclic) bond motifs is 1. The predicted molar refractivity (Wildman–Crippen MR) is 135 cm³/mol. The predicted octanol–water partition coefficient (Wildman–Crippen LogP) is 2.27. The van der Waals surface area contributed by atoms with Crippen LogP contribution >= 0.6 is 0 Å². The number of carbonyl (C=O) groups is 2. The van der Waals surface area contributed by atoms with Crippen molar-refractivity contribution in [3.63, 3.8) is 0 Å². The average Bonchev–Trinajstić information content (AvgIpc) is 3.28. The Bertz CT molecular complexity index is 1530. The minimum Gasteiger partial charge on any atom is -0.477 e. The molecule has 1 N–H and O–H groups in total. The van der Waals surface area contributed by atoms with E-state index in [2.05, 4.69) is 15.1 Å². The fourth-order valence-corrected chi connectivity index (χ4v) is 5.64. The second-order valence-corrected chi connectivity index (χ2v) is 11.3. The molecule has 208 valence electrons. The van der Waals surface area contributed by atoms with Crippen LogP contribution in [0.4, 0.5) is 0 Å². The molecule has 0 saturated carbocycles. The number of amides is 1. The van der Waals surface area contributed by atoms with Crippen molar-refractivity contribution in [2.75, 3.05) is 13.2 Å². The molecule has 1 amide bonds. The van der Waals surface area contributed by atoms with Crippen LogP contribution < -0.4 is 24.4 Å². The normalized spacial score (nSPS) is 16.6. The molecule has 2 aromatic carbocycles. The van der Waals surface area contributed by atoms with Gasteiger partial charge in [0.05, 0.1) is 16.6 Å². The Labute approximate surface area is 225 Å². The van der Waals surface area contributed by atoms with Crippen LogP contribution in [0, 0.1) is 26.0 Å². The van der Waals surface area contributed by atoms with E-state index in [9.17, 15) is 23.2 Å². The number of nitrogens with one attached hydrogen (secondary N) is 1. The molecule has 1 aliphatic rings. The van der Waals surface area contributed by atoms with Crippen molar-refractivity contribution < 1.29 is 41.7 Å². The number of aromatic nitrogens is 2. The summed E-state index contributed by atoms with van der Waals surface area (Å²) >= 11 is 0. The largest absolute Gasteiger partial charge is 0.477 e. The highest BCUT2D eigenvalue weighted by molar-refractivity contribution is 7.91. The van der Waals surface area contributed by atoms with E-state index >= 15 is 0 Å². The van der Waals surface area contributed by atoms with Gasteiger partial charge in [0.2, 0.25) is 0 Å². The van der Waals surface area contributed by atoms with E-state index in [4.69, 9.17) is 14.2 Å². The maximum absolute atomic E-state index is 13.1. The monoisotopic (exact) mass is 559 g/mol. The molecule has 0 fully saturated rings. The summed E-state index contributed by atoms with van der Waals surface area (Å²) in [5.41, 5.74) is 1.99. The van der Waals surface area contributed by atoms with Crippen LogP contribution in [-0.4, -0.2) is 44.2 Å². The lowest BCUT2D eigenvalue weighted by atomic mass is 9.86. The Balaban J connectivity index is 1.43. The van der Waals surface area contributed by atoms with Gasteiger partial charge in [0.25, 0.3) is 15.7 Å². The van der Waals surface area contributed by atoms with Gasteiger partial charge in [0.15, 0.2) is 5.60 Å². The number of nitrogens with zero attached hydrogens (tertiary/aromatic N) is 2. The molecule has 0 radical (unpaired) electrons. The molecule has 1 aromatic heterocycles. The molecule has 1 aliphatic heterocycles. The van der Waals surface area contributed by atoms with Crippen molar-refractivity contribution in [2.45, 2.75) is 63.0 Å². The summed E-state index contributed by atoms with van der Waals surface area (Å²) in [5.74, 6) is -0.373. The minimum atomic E-state index is -4.16. The van der Waals surface area contributed by atoms with Crippen molar-refractivity contribution in [3.05, 3.63) is 57.8 Å². The van der Waals surface area contributed by atoms with Gasteiger partial charge in [-0.2, -0.15) is 0 Å². The van der Waals surface area contributed by atoms with E-state index < -0.39 is 38.2 Å². The summed E-state index contributed by atoms with van der Waals surface area (Å²) in [6.45, 7) is 8.25. The van der Waals surface area contributed by atoms with Gasteiger partial charge in [-0.1, -0.05) is 18.2 Å². The summed E-state index contributed by atoms with van der Waals surface area (Å²) in [6.07, 6.45) is 0.885.